The lowest BCUT2D eigenvalue weighted by molar-refractivity contribution is 0.511. The van der Waals surface area contributed by atoms with E-state index in [1.54, 1.807) is 0 Å². The highest BCUT2D eigenvalue weighted by atomic mass is 15.1. The predicted molar refractivity (Wildman–Crippen MR) is 70.1 cm³/mol. The maximum atomic E-state index is 6.02. The summed E-state index contributed by atoms with van der Waals surface area (Å²) in [6.07, 6.45) is 3.40. The topological polar surface area (TPSA) is 43.8 Å². The van der Waals surface area contributed by atoms with Crippen LogP contribution in [0, 0.1) is 13.8 Å². The number of fused-ring (bicyclic) bond motifs is 1. The van der Waals surface area contributed by atoms with Gasteiger partial charge in [-0.1, -0.05) is 6.07 Å². The van der Waals surface area contributed by atoms with Gasteiger partial charge in [0.2, 0.25) is 0 Å². The first-order chi connectivity index (χ1) is 8.15. The number of rotatable bonds is 1. The Labute approximate surface area is 102 Å². The van der Waals surface area contributed by atoms with Crippen molar-refractivity contribution in [3.8, 4) is 0 Å². The average Bonchev–Trinajstić information content (AvgIpc) is 2.80. The average molecular weight is 229 g/mol. The molecule has 1 aromatic heterocycles. The van der Waals surface area contributed by atoms with E-state index in [1.807, 2.05) is 0 Å². The lowest BCUT2D eigenvalue weighted by Crippen LogP contribution is -2.16. The fraction of sp³-hybridized carbons (Fsp3) is 0.500. The molecule has 3 nitrogen and oxygen atoms in total. The molecule has 0 saturated heterocycles. The predicted octanol–water partition coefficient (Wildman–Crippen LogP) is 2.71. The van der Waals surface area contributed by atoms with Crippen LogP contribution < -0.4 is 5.73 Å². The summed E-state index contributed by atoms with van der Waals surface area (Å²) in [6.45, 7) is 4.21. The maximum absolute atomic E-state index is 6.02. The number of nitrogens with zero attached hydrogens (tertiary/aromatic N) is 2. The number of aromatic nitrogens is 2. The van der Waals surface area contributed by atoms with E-state index in [0.717, 1.165) is 24.2 Å². The summed E-state index contributed by atoms with van der Waals surface area (Å²) in [5.41, 5.74) is 9.66. The van der Waals surface area contributed by atoms with E-state index in [0.29, 0.717) is 12.1 Å². The first-order valence-corrected chi connectivity index (χ1v) is 6.36. The lowest BCUT2D eigenvalue weighted by Gasteiger charge is -2.15. The van der Waals surface area contributed by atoms with Crippen molar-refractivity contribution in [2.75, 3.05) is 0 Å². The summed E-state index contributed by atoms with van der Waals surface area (Å²) >= 11 is 0. The minimum Gasteiger partial charge on any atom is -0.328 e. The minimum absolute atomic E-state index is 0.363. The number of benzene rings is 1. The first kappa shape index (κ1) is 10.8. The van der Waals surface area contributed by atoms with Crippen LogP contribution in [-0.2, 0) is 0 Å². The third kappa shape index (κ3) is 1.75. The molecule has 0 bridgehead atoms. The highest BCUT2D eigenvalue weighted by Crippen LogP contribution is 2.33. The van der Waals surface area contributed by atoms with Gasteiger partial charge in [0, 0.05) is 12.1 Å². The monoisotopic (exact) mass is 229 g/mol. The SMILES string of the molecule is Cc1ccc2c(c1)nc(C)n2C1CCC(N)C1. The molecule has 0 amide bonds. The third-order valence-corrected chi connectivity index (χ3v) is 3.83. The van der Waals surface area contributed by atoms with Crippen molar-refractivity contribution in [1.29, 1.82) is 0 Å². The zero-order chi connectivity index (χ0) is 12.0. The summed E-state index contributed by atoms with van der Waals surface area (Å²) in [5.74, 6) is 1.12. The van der Waals surface area contributed by atoms with Gasteiger partial charge in [0.25, 0.3) is 0 Å². The zero-order valence-corrected chi connectivity index (χ0v) is 10.5. The van der Waals surface area contributed by atoms with Gasteiger partial charge < -0.3 is 10.3 Å². The largest absolute Gasteiger partial charge is 0.328 e. The molecule has 1 saturated carbocycles. The van der Waals surface area contributed by atoms with E-state index < -0.39 is 0 Å². The molecule has 2 N–H and O–H groups in total. The van der Waals surface area contributed by atoms with E-state index in [1.165, 1.54) is 17.5 Å². The van der Waals surface area contributed by atoms with Gasteiger partial charge in [-0.05, 0) is 50.8 Å². The van der Waals surface area contributed by atoms with Crippen LogP contribution in [0.4, 0.5) is 0 Å². The molecule has 0 spiro atoms. The van der Waals surface area contributed by atoms with Crippen molar-refractivity contribution in [2.24, 2.45) is 5.73 Å². The van der Waals surface area contributed by atoms with Gasteiger partial charge in [-0.2, -0.15) is 0 Å². The summed E-state index contributed by atoms with van der Waals surface area (Å²) in [4.78, 5) is 4.67. The lowest BCUT2D eigenvalue weighted by atomic mass is 10.2. The standard InChI is InChI=1S/C14H19N3/c1-9-3-6-14-13(7-9)16-10(2)17(14)12-5-4-11(15)8-12/h3,6-7,11-12H,4-5,8,15H2,1-2H3. The molecule has 3 heteroatoms. The smallest absolute Gasteiger partial charge is 0.106 e. The highest BCUT2D eigenvalue weighted by molar-refractivity contribution is 5.77. The summed E-state index contributed by atoms with van der Waals surface area (Å²) in [7, 11) is 0. The van der Waals surface area contributed by atoms with Gasteiger partial charge in [0.1, 0.15) is 5.82 Å². The molecular weight excluding hydrogens is 210 g/mol. The number of hydrogen-bond donors (Lipinski definition) is 1. The minimum atomic E-state index is 0.363. The van der Waals surface area contributed by atoms with Gasteiger partial charge in [-0.15, -0.1) is 0 Å². The van der Waals surface area contributed by atoms with Crippen molar-refractivity contribution in [1.82, 2.24) is 9.55 Å². The Morgan fingerprint density at radius 1 is 1.29 bits per heavy atom. The van der Waals surface area contributed by atoms with Crippen LogP contribution in [0.15, 0.2) is 18.2 Å². The van der Waals surface area contributed by atoms with Gasteiger partial charge in [0.15, 0.2) is 0 Å². The third-order valence-electron chi connectivity index (χ3n) is 3.83. The van der Waals surface area contributed by atoms with Crippen molar-refractivity contribution < 1.29 is 0 Å². The Morgan fingerprint density at radius 2 is 2.12 bits per heavy atom. The Bertz CT molecular complexity index is 556. The molecule has 1 fully saturated rings. The molecule has 1 aromatic carbocycles. The van der Waals surface area contributed by atoms with Crippen LogP contribution in [0.2, 0.25) is 0 Å². The van der Waals surface area contributed by atoms with Crippen molar-refractivity contribution in [3.63, 3.8) is 0 Å². The fourth-order valence-corrected chi connectivity index (χ4v) is 3.02. The Balaban J connectivity index is 2.12. The molecule has 3 rings (SSSR count). The second kappa shape index (κ2) is 3.84. The molecule has 2 aromatic rings. The second-order valence-corrected chi connectivity index (χ2v) is 5.25. The van der Waals surface area contributed by atoms with E-state index in [-0.39, 0.29) is 0 Å². The van der Waals surface area contributed by atoms with Crippen LogP contribution in [0.5, 0.6) is 0 Å². The van der Waals surface area contributed by atoms with Crippen molar-refractivity contribution >= 4 is 11.0 Å². The highest BCUT2D eigenvalue weighted by Gasteiger charge is 2.25. The van der Waals surface area contributed by atoms with Crippen LogP contribution in [0.3, 0.4) is 0 Å². The van der Waals surface area contributed by atoms with Crippen LogP contribution >= 0.6 is 0 Å². The number of nitrogens with two attached hydrogens (primary N) is 1. The van der Waals surface area contributed by atoms with E-state index in [4.69, 9.17) is 5.73 Å². The molecule has 0 aliphatic heterocycles. The molecule has 1 aliphatic carbocycles. The Morgan fingerprint density at radius 3 is 2.82 bits per heavy atom. The zero-order valence-electron chi connectivity index (χ0n) is 10.5. The molecule has 90 valence electrons. The van der Waals surface area contributed by atoms with E-state index in [9.17, 15) is 0 Å². The number of aryl methyl sites for hydroxylation is 2. The van der Waals surface area contributed by atoms with Gasteiger partial charge in [-0.3, -0.25) is 0 Å². The quantitative estimate of drug-likeness (QED) is 0.817. The molecule has 1 aliphatic rings. The fourth-order valence-electron chi connectivity index (χ4n) is 3.02. The molecule has 2 unspecified atom stereocenters. The van der Waals surface area contributed by atoms with Crippen molar-refractivity contribution in [3.05, 3.63) is 29.6 Å². The molecule has 17 heavy (non-hydrogen) atoms. The molecule has 0 radical (unpaired) electrons. The van der Waals surface area contributed by atoms with E-state index in [2.05, 4.69) is 41.6 Å². The van der Waals surface area contributed by atoms with Gasteiger partial charge in [0.05, 0.1) is 11.0 Å². The Kier molecular flexibility index (Phi) is 2.44. The summed E-state index contributed by atoms with van der Waals surface area (Å²) in [6, 6.07) is 7.41. The Hall–Kier alpha value is -1.35. The number of imidazole rings is 1. The van der Waals surface area contributed by atoms with Gasteiger partial charge >= 0.3 is 0 Å². The van der Waals surface area contributed by atoms with Crippen molar-refractivity contribution in [2.45, 2.75) is 45.2 Å². The number of hydrogen-bond acceptors (Lipinski definition) is 2. The molecular formula is C14H19N3. The normalized spacial score (nSPS) is 24.6. The maximum Gasteiger partial charge on any atom is 0.106 e. The van der Waals surface area contributed by atoms with Gasteiger partial charge in [-0.25, -0.2) is 4.98 Å². The second-order valence-electron chi connectivity index (χ2n) is 5.25. The van der Waals surface area contributed by atoms with E-state index >= 15 is 0 Å². The summed E-state index contributed by atoms with van der Waals surface area (Å²) in [5, 5.41) is 0. The van der Waals surface area contributed by atoms with Crippen LogP contribution in [0.1, 0.15) is 36.7 Å². The molecule has 1 heterocycles. The summed E-state index contributed by atoms with van der Waals surface area (Å²) < 4.78 is 2.38. The molecule has 2 atom stereocenters. The first-order valence-electron chi connectivity index (χ1n) is 6.36. The van der Waals surface area contributed by atoms with Crippen LogP contribution in [-0.4, -0.2) is 15.6 Å². The van der Waals surface area contributed by atoms with Crippen LogP contribution in [0.25, 0.3) is 11.0 Å².